The normalized spacial score (nSPS) is 11.7. The molecular formula is C23H17ClN2O4S2. The molecule has 1 aromatic heterocycles. The Morgan fingerprint density at radius 3 is 2.56 bits per heavy atom. The molecule has 0 bridgehead atoms. The van der Waals surface area contributed by atoms with Gasteiger partial charge in [-0.2, -0.15) is 13.5 Å². The summed E-state index contributed by atoms with van der Waals surface area (Å²) in [6.07, 6.45) is 1.33. The molecule has 0 aliphatic heterocycles. The van der Waals surface area contributed by atoms with Crippen LogP contribution in [-0.2, 0) is 10.0 Å². The number of hydrogen-bond donors (Lipinski definition) is 1. The number of sulfonamides is 1. The lowest BCUT2D eigenvalue weighted by atomic mass is 10.2. The first-order chi connectivity index (χ1) is 15.3. The summed E-state index contributed by atoms with van der Waals surface area (Å²) in [5, 5.41) is 4.97. The molecule has 0 unspecified atom stereocenters. The number of aryl methyl sites for hydroxylation is 1. The second-order valence-corrected chi connectivity index (χ2v) is 9.96. The predicted octanol–water partition coefficient (Wildman–Crippen LogP) is 5.39. The van der Waals surface area contributed by atoms with Gasteiger partial charge in [0, 0.05) is 10.1 Å². The molecule has 0 aliphatic carbocycles. The number of esters is 1. The molecule has 0 atom stereocenters. The highest BCUT2D eigenvalue weighted by atomic mass is 35.5. The van der Waals surface area contributed by atoms with Crippen LogP contribution in [0.1, 0.15) is 20.8 Å². The van der Waals surface area contributed by atoms with Gasteiger partial charge in [0.2, 0.25) is 0 Å². The zero-order chi connectivity index (χ0) is 22.7. The highest BCUT2D eigenvalue weighted by molar-refractivity contribution is 7.89. The first kappa shape index (κ1) is 22.0. The Morgan fingerprint density at radius 2 is 1.81 bits per heavy atom. The van der Waals surface area contributed by atoms with Crippen molar-refractivity contribution in [2.24, 2.45) is 5.10 Å². The quantitative estimate of drug-likeness (QED) is 0.172. The highest BCUT2D eigenvalue weighted by Crippen LogP contribution is 2.35. The van der Waals surface area contributed by atoms with Gasteiger partial charge < -0.3 is 4.74 Å². The van der Waals surface area contributed by atoms with E-state index in [0.717, 1.165) is 15.6 Å². The van der Waals surface area contributed by atoms with Crippen LogP contribution in [0.3, 0.4) is 0 Å². The van der Waals surface area contributed by atoms with Crippen molar-refractivity contribution in [3.05, 3.63) is 93.8 Å². The van der Waals surface area contributed by atoms with E-state index in [-0.39, 0.29) is 10.6 Å². The van der Waals surface area contributed by atoms with Gasteiger partial charge in [0.25, 0.3) is 10.0 Å². The van der Waals surface area contributed by atoms with Crippen LogP contribution >= 0.6 is 22.9 Å². The largest absolute Gasteiger partial charge is 0.422 e. The lowest BCUT2D eigenvalue weighted by molar-refractivity contribution is 0.0740. The molecule has 0 fully saturated rings. The fourth-order valence-electron chi connectivity index (χ4n) is 2.90. The maximum Gasteiger partial charge on any atom is 0.355 e. The topological polar surface area (TPSA) is 84.8 Å². The van der Waals surface area contributed by atoms with Crippen molar-refractivity contribution >= 4 is 55.2 Å². The standard InChI is InChI=1S/C23H17ClN2O4S2/c1-15-9-11-18(12-10-15)32(28,29)26-25-14-16-5-4-6-17(13-16)30-23(27)22-21(24)19-7-2-3-8-20(19)31-22/h2-14,26H,1H3/b25-14-. The Kier molecular flexibility index (Phi) is 6.27. The van der Waals surface area contributed by atoms with Crippen molar-refractivity contribution in [3.63, 3.8) is 0 Å². The smallest absolute Gasteiger partial charge is 0.355 e. The van der Waals surface area contributed by atoms with E-state index in [1.165, 1.54) is 29.7 Å². The Bertz CT molecular complexity index is 1430. The summed E-state index contributed by atoms with van der Waals surface area (Å²) in [6, 6.07) is 20.5. The molecule has 4 aromatic rings. The van der Waals surface area contributed by atoms with Crippen LogP contribution in [-0.4, -0.2) is 20.6 Å². The van der Waals surface area contributed by atoms with Crippen LogP contribution in [0, 0.1) is 6.92 Å². The minimum atomic E-state index is -3.78. The first-order valence-corrected chi connectivity index (χ1v) is 12.1. The molecule has 4 rings (SSSR count). The molecule has 0 radical (unpaired) electrons. The Labute approximate surface area is 194 Å². The number of thiophene rings is 1. The third kappa shape index (κ3) is 4.83. The van der Waals surface area contributed by atoms with Gasteiger partial charge in [0.1, 0.15) is 10.6 Å². The third-order valence-corrected chi connectivity index (χ3v) is 7.40. The summed E-state index contributed by atoms with van der Waals surface area (Å²) < 4.78 is 31.0. The van der Waals surface area contributed by atoms with Crippen LogP contribution in [0.25, 0.3) is 10.1 Å². The minimum absolute atomic E-state index is 0.114. The fourth-order valence-corrected chi connectivity index (χ4v) is 5.07. The molecular weight excluding hydrogens is 468 g/mol. The van der Waals surface area contributed by atoms with Crippen LogP contribution in [0.2, 0.25) is 5.02 Å². The predicted molar refractivity (Wildman–Crippen MR) is 127 cm³/mol. The summed E-state index contributed by atoms with van der Waals surface area (Å²) in [6.45, 7) is 1.87. The second kappa shape index (κ2) is 9.12. The zero-order valence-corrected chi connectivity index (χ0v) is 19.2. The zero-order valence-electron chi connectivity index (χ0n) is 16.8. The molecule has 1 N–H and O–H groups in total. The van der Waals surface area contributed by atoms with E-state index >= 15 is 0 Å². The van der Waals surface area contributed by atoms with Crippen LogP contribution in [0.4, 0.5) is 0 Å². The molecule has 3 aromatic carbocycles. The number of rotatable bonds is 6. The van der Waals surface area contributed by atoms with Gasteiger partial charge in [0.05, 0.1) is 16.1 Å². The number of hydrazone groups is 1. The number of carbonyl (C=O) groups is 1. The molecule has 1 heterocycles. The van der Waals surface area contributed by atoms with Crippen molar-refractivity contribution in [1.29, 1.82) is 0 Å². The molecule has 0 saturated heterocycles. The minimum Gasteiger partial charge on any atom is -0.422 e. The van der Waals surface area contributed by atoms with Crippen molar-refractivity contribution < 1.29 is 17.9 Å². The first-order valence-electron chi connectivity index (χ1n) is 9.44. The van der Waals surface area contributed by atoms with E-state index in [2.05, 4.69) is 9.93 Å². The van der Waals surface area contributed by atoms with Crippen molar-refractivity contribution in [3.8, 4) is 5.75 Å². The maximum atomic E-state index is 12.6. The molecule has 32 heavy (non-hydrogen) atoms. The van der Waals surface area contributed by atoms with E-state index in [0.29, 0.717) is 15.5 Å². The van der Waals surface area contributed by atoms with Crippen molar-refractivity contribution in [2.45, 2.75) is 11.8 Å². The van der Waals surface area contributed by atoms with E-state index in [1.54, 1.807) is 36.4 Å². The second-order valence-electron chi connectivity index (χ2n) is 6.87. The number of ether oxygens (including phenoxy) is 1. The molecule has 162 valence electrons. The summed E-state index contributed by atoms with van der Waals surface area (Å²) in [4.78, 5) is 15.2. The monoisotopic (exact) mass is 484 g/mol. The highest BCUT2D eigenvalue weighted by Gasteiger charge is 2.19. The van der Waals surface area contributed by atoms with E-state index in [9.17, 15) is 13.2 Å². The molecule has 0 aliphatic rings. The van der Waals surface area contributed by atoms with Crippen molar-refractivity contribution in [2.75, 3.05) is 0 Å². The number of halogens is 1. The van der Waals surface area contributed by atoms with Gasteiger partial charge in [-0.3, -0.25) is 0 Å². The van der Waals surface area contributed by atoms with Crippen LogP contribution in [0.15, 0.2) is 82.8 Å². The van der Waals surface area contributed by atoms with Gasteiger partial charge in [-0.05, 0) is 42.8 Å². The SMILES string of the molecule is Cc1ccc(S(=O)(=O)N/N=C\c2cccc(OC(=O)c3sc4ccccc4c3Cl)c2)cc1. The van der Waals surface area contributed by atoms with Gasteiger partial charge in [-0.1, -0.05) is 59.6 Å². The summed E-state index contributed by atoms with van der Waals surface area (Å²) in [5.74, 6) is -0.278. The average Bonchev–Trinajstić information content (AvgIpc) is 3.11. The summed E-state index contributed by atoms with van der Waals surface area (Å²) in [7, 11) is -3.78. The third-order valence-electron chi connectivity index (χ3n) is 4.51. The maximum absolute atomic E-state index is 12.6. The van der Waals surface area contributed by atoms with Gasteiger partial charge in [-0.15, -0.1) is 11.3 Å². The van der Waals surface area contributed by atoms with E-state index < -0.39 is 16.0 Å². The number of nitrogens with zero attached hydrogens (tertiary/aromatic N) is 1. The van der Waals surface area contributed by atoms with E-state index in [1.807, 2.05) is 31.2 Å². The fraction of sp³-hybridized carbons (Fsp3) is 0.0435. The lowest BCUT2D eigenvalue weighted by Crippen LogP contribution is -2.18. The molecule has 0 amide bonds. The molecule has 6 nitrogen and oxygen atoms in total. The van der Waals surface area contributed by atoms with Crippen LogP contribution in [0.5, 0.6) is 5.75 Å². The average molecular weight is 485 g/mol. The van der Waals surface area contributed by atoms with Crippen molar-refractivity contribution in [1.82, 2.24) is 4.83 Å². The number of carbonyl (C=O) groups excluding carboxylic acids is 1. The number of fused-ring (bicyclic) bond motifs is 1. The number of benzene rings is 3. The lowest BCUT2D eigenvalue weighted by Gasteiger charge is -2.05. The van der Waals surface area contributed by atoms with E-state index in [4.69, 9.17) is 16.3 Å². The molecule has 0 saturated carbocycles. The molecule has 9 heteroatoms. The Hall–Kier alpha value is -3.20. The van der Waals surface area contributed by atoms with Crippen LogP contribution < -0.4 is 9.57 Å². The number of nitrogens with one attached hydrogen (secondary N) is 1. The Balaban J connectivity index is 1.46. The molecule has 0 spiro atoms. The summed E-state index contributed by atoms with van der Waals surface area (Å²) >= 11 is 7.60. The van der Waals surface area contributed by atoms with Gasteiger partial charge >= 0.3 is 5.97 Å². The number of hydrogen-bond acceptors (Lipinski definition) is 6. The van der Waals surface area contributed by atoms with Gasteiger partial charge in [-0.25, -0.2) is 9.63 Å². The Morgan fingerprint density at radius 1 is 1.06 bits per heavy atom. The summed E-state index contributed by atoms with van der Waals surface area (Å²) in [5.41, 5.74) is 1.50. The van der Waals surface area contributed by atoms with Gasteiger partial charge in [0.15, 0.2) is 0 Å².